The van der Waals surface area contributed by atoms with Gasteiger partial charge in [-0.3, -0.25) is 4.79 Å². The Kier molecular flexibility index (Phi) is 5.52. The first-order chi connectivity index (χ1) is 13.4. The molecule has 0 radical (unpaired) electrons. The van der Waals surface area contributed by atoms with Crippen LogP contribution in [0.3, 0.4) is 0 Å². The van der Waals surface area contributed by atoms with E-state index in [1.807, 2.05) is 17.5 Å². The SMILES string of the molecule is O=C(c1cnc(-c2cccs2)s1)N1CCN(S(=O)(=O)c2cccc(Cl)c2)CC1. The molecule has 4 rings (SSSR count). The van der Waals surface area contributed by atoms with Crippen molar-refractivity contribution in [3.63, 3.8) is 0 Å². The second-order valence-corrected chi connectivity index (χ2v) is 10.5. The second kappa shape index (κ2) is 7.92. The molecular weight excluding hydrogens is 438 g/mol. The lowest BCUT2D eigenvalue weighted by atomic mass is 10.3. The summed E-state index contributed by atoms with van der Waals surface area (Å²) in [6.45, 7) is 1.17. The topological polar surface area (TPSA) is 70.6 Å². The van der Waals surface area contributed by atoms with Crippen LogP contribution in [0.4, 0.5) is 0 Å². The highest BCUT2D eigenvalue weighted by Crippen LogP contribution is 2.30. The number of hydrogen-bond acceptors (Lipinski definition) is 6. The minimum absolute atomic E-state index is 0.111. The minimum atomic E-state index is -3.62. The molecule has 6 nitrogen and oxygen atoms in total. The highest BCUT2D eigenvalue weighted by atomic mass is 35.5. The third kappa shape index (κ3) is 3.85. The van der Waals surface area contributed by atoms with E-state index in [0.29, 0.717) is 23.0 Å². The maximum absolute atomic E-state index is 12.8. The summed E-state index contributed by atoms with van der Waals surface area (Å²) in [5.74, 6) is -0.111. The largest absolute Gasteiger partial charge is 0.335 e. The molecule has 1 amide bonds. The fourth-order valence-electron chi connectivity index (χ4n) is 2.95. The first kappa shape index (κ1) is 19.5. The summed E-state index contributed by atoms with van der Waals surface area (Å²) in [7, 11) is -3.62. The Morgan fingerprint density at radius 2 is 1.89 bits per heavy atom. The van der Waals surface area contributed by atoms with E-state index in [9.17, 15) is 13.2 Å². The van der Waals surface area contributed by atoms with Crippen molar-refractivity contribution in [3.05, 3.63) is 57.9 Å². The normalized spacial score (nSPS) is 15.7. The van der Waals surface area contributed by atoms with E-state index in [-0.39, 0.29) is 23.9 Å². The van der Waals surface area contributed by atoms with E-state index in [0.717, 1.165) is 9.88 Å². The van der Waals surface area contributed by atoms with Crippen LogP contribution in [0, 0.1) is 0 Å². The molecular formula is C18H16ClN3O3S3. The van der Waals surface area contributed by atoms with Gasteiger partial charge in [-0.25, -0.2) is 13.4 Å². The monoisotopic (exact) mass is 453 g/mol. The van der Waals surface area contributed by atoms with E-state index < -0.39 is 10.0 Å². The summed E-state index contributed by atoms with van der Waals surface area (Å²) in [5.41, 5.74) is 0. The molecule has 1 aromatic carbocycles. The zero-order valence-electron chi connectivity index (χ0n) is 14.6. The molecule has 1 saturated heterocycles. The molecule has 28 heavy (non-hydrogen) atoms. The van der Waals surface area contributed by atoms with Gasteiger partial charge in [0, 0.05) is 31.2 Å². The molecule has 1 fully saturated rings. The third-order valence-corrected chi connectivity index (χ3v) is 8.56. The van der Waals surface area contributed by atoms with Crippen molar-refractivity contribution < 1.29 is 13.2 Å². The lowest BCUT2D eigenvalue weighted by Gasteiger charge is -2.33. The van der Waals surface area contributed by atoms with E-state index >= 15 is 0 Å². The molecule has 0 aliphatic carbocycles. The predicted molar refractivity (Wildman–Crippen MR) is 112 cm³/mol. The molecule has 146 valence electrons. The van der Waals surface area contributed by atoms with Crippen molar-refractivity contribution in [3.8, 4) is 9.88 Å². The van der Waals surface area contributed by atoms with Gasteiger partial charge in [-0.05, 0) is 29.6 Å². The number of benzene rings is 1. The molecule has 0 spiro atoms. The Hall–Kier alpha value is -1.78. The smallest absolute Gasteiger partial charge is 0.265 e. The number of thiophene rings is 1. The zero-order valence-corrected chi connectivity index (χ0v) is 17.8. The Labute approximate surface area is 176 Å². The first-order valence-electron chi connectivity index (χ1n) is 8.50. The van der Waals surface area contributed by atoms with Gasteiger partial charge in [0.05, 0.1) is 16.0 Å². The van der Waals surface area contributed by atoms with Crippen molar-refractivity contribution in [2.24, 2.45) is 0 Å². The van der Waals surface area contributed by atoms with Gasteiger partial charge in [-0.15, -0.1) is 22.7 Å². The van der Waals surface area contributed by atoms with Gasteiger partial charge in [-0.2, -0.15) is 4.31 Å². The molecule has 2 aromatic heterocycles. The average molecular weight is 454 g/mol. The number of rotatable bonds is 4. The van der Waals surface area contributed by atoms with E-state index in [1.54, 1.807) is 34.6 Å². The molecule has 3 aromatic rings. The number of thiazole rings is 1. The minimum Gasteiger partial charge on any atom is -0.335 e. The lowest BCUT2D eigenvalue weighted by molar-refractivity contribution is 0.0702. The van der Waals surface area contributed by atoms with Crippen molar-refractivity contribution in [1.82, 2.24) is 14.2 Å². The standard InChI is InChI=1S/C18H16ClN3O3S3/c19-13-3-1-4-14(11-13)28(24,25)22-8-6-21(7-9-22)18(23)16-12-20-17(27-16)15-5-2-10-26-15/h1-5,10-12H,6-9H2. The molecule has 0 atom stereocenters. The summed E-state index contributed by atoms with van der Waals surface area (Å²) < 4.78 is 27.0. The molecule has 0 saturated carbocycles. The quantitative estimate of drug-likeness (QED) is 0.604. The van der Waals surface area contributed by atoms with Crippen LogP contribution in [0.1, 0.15) is 9.67 Å². The summed E-state index contributed by atoms with van der Waals surface area (Å²) in [6, 6.07) is 10.1. The number of hydrogen-bond donors (Lipinski definition) is 0. The summed E-state index contributed by atoms with van der Waals surface area (Å²) in [6.07, 6.45) is 1.59. The molecule has 0 unspecified atom stereocenters. The summed E-state index contributed by atoms with van der Waals surface area (Å²) >= 11 is 8.86. The Morgan fingerprint density at radius 3 is 2.57 bits per heavy atom. The third-order valence-electron chi connectivity index (χ3n) is 4.41. The Morgan fingerprint density at radius 1 is 1.11 bits per heavy atom. The van der Waals surface area contributed by atoms with Crippen LogP contribution in [0.5, 0.6) is 0 Å². The van der Waals surface area contributed by atoms with Gasteiger partial charge in [0.25, 0.3) is 5.91 Å². The number of nitrogens with zero attached hydrogens (tertiary/aromatic N) is 3. The van der Waals surface area contributed by atoms with Gasteiger partial charge >= 0.3 is 0 Å². The lowest BCUT2D eigenvalue weighted by Crippen LogP contribution is -2.50. The maximum Gasteiger partial charge on any atom is 0.265 e. The van der Waals surface area contributed by atoms with Gasteiger partial charge in [0.2, 0.25) is 10.0 Å². The summed E-state index contributed by atoms with van der Waals surface area (Å²) in [5, 5.41) is 3.17. The zero-order chi connectivity index (χ0) is 19.7. The summed E-state index contributed by atoms with van der Waals surface area (Å²) in [4.78, 5) is 20.5. The van der Waals surface area contributed by atoms with Gasteiger partial charge < -0.3 is 4.90 Å². The van der Waals surface area contributed by atoms with Gasteiger partial charge in [0.15, 0.2) is 0 Å². The van der Waals surface area contributed by atoms with Crippen LogP contribution in [-0.2, 0) is 10.0 Å². The van der Waals surface area contributed by atoms with Crippen molar-refractivity contribution in [2.45, 2.75) is 4.90 Å². The highest BCUT2D eigenvalue weighted by molar-refractivity contribution is 7.89. The second-order valence-electron chi connectivity index (χ2n) is 6.16. The van der Waals surface area contributed by atoms with E-state index in [4.69, 9.17) is 11.6 Å². The number of carbonyl (C=O) groups is 1. The van der Waals surface area contributed by atoms with Crippen LogP contribution >= 0.6 is 34.3 Å². The van der Waals surface area contributed by atoms with Crippen LogP contribution in [0.15, 0.2) is 52.9 Å². The van der Waals surface area contributed by atoms with Crippen LogP contribution in [0.2, 0.25) is 5.02 Å². The van der Waals surface area contributed by atoms with Crippen LogP contribution in [-0.4, -0.2) is 54.7 Å². The predicted octanol–water partition coefficient (Wildman–Crippen LogP) is 3.67. The van der Waals surface area contributed by atoms with Crippen LogP contribution in [0.25, 0.3) is 9.88 Å². The number of carbonyl (C=O) groups excluding carboxylic acids is 1. The van der Waals surface area contributed by atoms with E-state index in [1.165, 1.54) is 27.8 Å². The number of amides is 1. The number of aromatic nitrogens is 1. The molecule has 10 heteroatoms. The number of halogens is 1. The van der Waals surface area contributed by atoms with Crippen molar-refractivity contribution in [1.29, 1.82) is 0 Å². The van der Waals surface area contributed by atoms with Crippen molar-refractivity contribution >= 4 is 50.2 Å². The average Bonchev–Trinajstić information content (AvgIpc) is 3.39. The first-order valence-corrected chi connectivity index (χ1v) is 12.0. The number of sulfonamides is 1. The molecule has 0 bridgehead atoms. The van der Waals surface area contributed by atoms with Crippen LogP contribution < -0.4 is 0 Å². The van der Waals surface area contributed by atoms with Gasteiger partial charge in [0.1, 0.15) is 9.88 Å². The fraction of sp³-hybridized carbons (Fsp3) is 0.222. The molecule has 0 N–H and O–H groups in total. The van der Waals surface area contributed by atoms with Gasteiger partial charge in [-0.1, -0.05) is 23.7 Å². The fourth-order valence-corrected chi connectivity index (χ4v) is 6.36. The van der Waals surface area contributed by atoms with Crippen molar-refractivity contribution in [2.75, 3.05) is 26.2 Å². The molecule has 1 aliphatic heterocycles. The maximum atomic E-state index is 12.8. The highest BCUT2D eigenvalue weighted by Gasteiger charge is 2.31. The number of piperazine rings is 1. The Bertz CT molecular complexity index is 1090. The Balaban J connectivity index is 1.43. The molecule has 1 aliphatic rings. The van der Waals surface area contributed by atoms with E-state index in [2.05, 4.69) is 4.98 Å². The molecule has 3 heterocycles.